The van der Waals surface area contributed by atoms with Gasteiger partial charge in [-0.25, -0.2) is 0 Å². The van der Waals surface area contributed by atoms with E-state index in [0.29, 0.717) is 45.6 Å². The molecule has 0 fully saturated rings. The number of phenolic OH excluding ortho intramolecular Hbond substituents is 6. The van der Waals surface area contributed by atoms with Gasteiger partial charge in [0.05, 0.1) is 11.1 Å². The monoisotopic (exact) mass is 758 g/mol. The minimum absolute atomic E-state index is 0.00512. The first-order valence-electron chi connectivity index (χ1n) is 15.9. The van der Waals surface area contributed by atoms with Gasteiger partial charge in [0, 0.05) is 60.7 Å². The summed E-state index contributed by atoms with van der Waals surface area (Å²) < 4.78 is 0. The molecule has 0 amide bonds. The van der Waals surface area contributed by atoms with Crippen molar-refractivity contribution >= 4 is 58.0 Å². The summed E-state index contributed by atoms with van der Waals surface area (Å²) in [5.41, 5.74) is 1.33. The maximum atomic E-state index is 12.0. The number of fused-ring (bicyclic) bond motifs is 2. The van der Waals surface area contributed by atoms with E-state index in [1.54, 1.807) is 53.7 Å². The molecule has 0 spiro atoms. The minimum atomic E-state index is -0.833. The number of hydrogen-bond acceptors (Lipinski definition) is 12. The second kappa shape index (κ2) is 19.9. The van der Waals surface area contributed by atoms with Crippen molar-refractivity contribution in [1.29, 1.82) is 0 Å². The topological polar surface area (TPSA) is 305 Å². The summed E-state index contributed by atoms with van der Waals surface area (Å²) in [4.78, 5) is 60.0. The van der Waals surface area contributed by atoms with Crippen LogP contribution >= 0.6 is 0 Å². The molecule has 294 valence electrons. The molecule has 0 aliphatic carbocycles. The molecule has 10 N–H and O–H groups in total. The minimum Gasteiger partial charge on any atom is -0.507 e. The molecule has 0 aliphatic rings. The predicted molar refractivity (Wildman–Crippen MR) is 199 cm³/mol. The smallest absolute Gasteiger partial charge is 0.300 e. The van der Waals surface area contributed by atoms with Crippen LogP contribution in [0.15, 0.2) is 12.1 Å². The van der Waals surface area contributed by atoms with E-state index in [4.69, 9.17) is 39.6 Å². The Balaban J connectivity index is 0.00000149. The third-order valence-electron chi connectivity index (χ3n) is 7.22. The van der Waals surface area contributed by atoms with Crippen molar-refractivity contribution in [2.75, 3.05) is 0 Å². The van der Waals surface area contributed by atoms with Gasteiger partial charge in [-0.15, -0.1) is 0 Å². The number of carbonyl (C=O) groups excluding carboxylic acids is 2. The fourth-order valence-electron chi connectivity index (χ4n) is 5.60. The molecule has 0 heterocycles. The van der Waals surface area contributed by atoms with Gasteiger partial charge in [0.2, 0.25) is 0 Å². The lowest BCUT2D eigenvalue weighted by Gasteiger charge is -2.23. The van der Waals surface area contributed by atoms with Crippen LogP contribution in [0.5, 0.6) is 34.5 Å². The lowest BCUT2D eigenvalue weighted by atomic mass is 9.83. The number of aliphatic carboxylic acids is 4. The number of benzene rings is 4. The van der Waals surface area contributed by atoms with E-state index in [2.05, 4.69) is 0 Å². The van der Waals surface area contributed by atoms with Crippen LogP contribution < -0.4 is 0 Å². The number of aryl methyl sites for hydroxylation is 2. The number of carboxylic acids is 4. The van der Waals surface area contributed by atoms with Crippen LogP contribution in [0.1, 0.15) is 110 Å². The zero-order valence-corrected chi connectivity index (χ0v) is 31.4. The number of carboxylic acid groups (broad SMARTS) is 4. The molecule has 0 aliphatic heterocycles. The van der Waals surface area contributed by atoms with Crippen molar-refractivity contribution in [3.63, 3.8) is 0 Å². The van der Waals surface area contributed by atoms with Gasteiger partial charge in [-0.05, 0) is 47.6 Å². The zero-order valence-electron chi connectivity index (χ0n) is 31.4. The van der Waals surface area contributed by atoms with Crippen LogP contribution in [0.2, 0.25) is 0 Å². The molecule has 4 aromatic carbocycles. The Morgan fingerprint density at radius 2 is 0.704 bits per heavy atom. The summed E-state index contributed by atoms with van der Waals surface area (Å²) >= 11 is 0. The second-order valence-corrected chi connectivity index (χ2v) is 12.3. The van der Waals surface area contributed by atoms with E-state index < -0.39 is 58.4 Å². The average molecular weight is 759 g/mol. The van der Waals surface area contributed by atoms with E-state index >= 15 is 0 Å². The van der Waals surface area contributed by atoms with Gasteiger partial charge in [-0.2, -0.15) is 0 Å². The largest absolute Gasteiger partial charge is 0.507 e. The van der Waals surface area contributed by atoms with E-state index in [1.807, 2.05) is 0 Å². The van der Waals surface area contributed by atoms with Gasteiger partial charge < -0.3 is 51.1 Å². The van der Waals surface area contributed by atoms with Crippen LogP contribution in [-0.4, -0.2) is 87.5 Å². The van der Waals surface area contributed by atoms with Crippen molar-refractivity contribution in [3.05, 3.63) is 45.5 Å². The quantitative estimate of drug-likeness (QED) is 0.0743. The normalized spacial score (nSPS) is 10.1. The molecule has 4 aromatic rings. The number of hydrogen-bond donors (Lipinski definition) is 10. The highest BCUT2D eigenvalue weighted by atomic mass is 16.4. The molecule has 0 atom stereocenters. The van der Waals surface area contributed by atoms with Gasteiger partial charge in [0.15, 0.2) is 35.6 Å². The molecule has 0 unspecified atom stereocenters. The van der Waals surface area contributed by atoms with Gasteiger partial charge in [-0.1, -0.05) is 39.8 Å². The van der Waals surface area contributed by atoms with E-state index in [1.165, 1.54) is 0 Å². The standard InChI is InChI=1S/C30H30O8.4C2H4O2/c1-11(2)19-15-7-13(5)21(27(35)23(15)17(9-31)25(33)29(19)37)22-14(6)8-16-20(12(3)4)30(38)26(34)18(10-32)24(16)28(22)36;4*1-2(3)4/h7-12,33-38H,1-6H3;4*1H3,(H,3,4). The highest BCUT2D eigenvalue weighted by Gasteiger charge is 2.29. The molecule has 4 rings (SSSR count). The summed E-state index contributed by atoms with van der Waals surface area (Å²) in [5, 5.41) is 96.0. The molecule has 0 radical (unpaired) electrons. The van der Waals surface area contributed by atoms with Crippen molar-refractivity contribution in [3.8, 4) is 45.6 Å². The summed E-state index contributed by atoms with van der Waals surface area (Å²) in [5.74, 6) is -6.91. The van der Waals surface area contributed by atoms with Crippen LogP contribution in [0.25, 0.3) is 32.7 Å². The van der Waals surface area contributed by atoms with Crippen molar-refractivity contribution in [1.82, 2.24) is 0 Å². The number of aldehydes is 2. The molecule has 0 aromatic heterocycles. The van der Waals surface area contributed by atoms with Gasteiger partial charge in [0.25, 0.3) is 23.9 Å². The van der Waals surface area contributed by atoms with Gasteiger partial charge in [0.1, 0.15) is 11.5 Å². The Labute approximate surface area is 309 Å². The average Bonchev–Trinajstić information content (AvgIpc) is 2.99. The third kappa shape index (κ3) is 11.2. The maximum absolute atomic E-state index is 12.0. The second-order valence-electron chi connectivity index (χ2n) is 12.3. The van der Waals surface area contributed by atoms with Crippen molar-refractivity contribution < 1.29 is 79.8 Å². The first-order chi connectivity index (χ1) is 24.7. The molecule has 0 saturated carbocycles. The van der Waals surface area contributed by atoms with Crippen LogP contribution in [0.4, 0.5) is 0 Å². The lowest BCUT2D eigenvalue weighted by molar-refractivity contribution is -0.135. The molecular formula is C38H46O16. The zero-order chi connectivity index (χ0) is 42.7. The van der Waals surface area contributed by atoms with Gasteiger partial charge in [-0.3, -0.25) is 28.8 Å². The third-order valence-corrected chi connectivity index (χ3v) is 7.22. The number of rotatable bonds is 5. The van der Waals surface area contributed by atoms with E-state index in [9.17, 15) is 40.2 Å². The Hall–Kier alpha value is -6.58. The van der Waals surface area contributed by atoms with Crippen LogP contribution in [0.3, 0.4) is 0 Å². The summed E-state index contributed by atoms with van der Waals surface area (Å²) in [7, 11) is 0. The Morgan fingerprint density at radius 3 is 0.889 bits per heavy atom. The molecule has 54 heavy (non-hydrogen) atoms. The van der Waals surface area contributed by atoms with E-state index in [-0.39, 0.29) is 44.9 Å². The maximum Gasteiger partial charge on any atom is 0.300 e. The lowest BCUT2D eigenvalue weighted by Crippen LogP contribution is -2.01. The number of aromatic hydroxyl groups is 6. The first kappa shape index (κ1) is 47.4. The molecular weight excluding hydrogens is 712 g/mol. The fourth-order valence-corrected chi connectivity index (χ4v) is 5.60. The molecule has 0 bridgehead atoms. The van der Waals surface area contributed by atoms with Crippen molar-refractivity contribution in [2.24, 2.45) is 0 Å². The van der Waals surface area contributed by atoms with Crippen LogP contribution in [-0.2, 0) is 19.2 Å². The van der Waals surface area contributed by atoms with E-state index in [0.717, 1.165) is 27.7 Å². The molecule has 16 nitrogen and oxygen atoms in total. The number of phenols is 6. The highest BCUT2D eigenvalue weighted by molar-refractivity contribution is 6.14. The number of carbonyl (C=O) groups is 6. The first-order valence-corrected chi connectivity index (χ1v) is 15.9. The predicted octanol–water partition coefficient (Wildman–Crippen LogP) is 6.75. The molecule has 0 saturated heterocycles. The Bertz CT molecular complexity index is 1900. The Morgan fingerprint density at radius 1 is 0.481 bits per heavy atom. The summed E-state index contributed by atoms with van der Waals surface area (Å²) in [6.07, 6.45) is 0.682. The SMILES string of the molecule is CC(=O)O.CC(=O)O.CC(=O)O.CC(=O)O.Cc1cc2c(C(C)C)c(O)c(O)c(C=O)c2c(O)c1-c1c(C)cc2c(C(C)C)c(O)c(O)c(C=O)c2c1O. The highest BCUT2D eigenvalue weighted by Crippen LogP contribution is 2.54. The van der Waals surface area contributed by atoms with Crippen molar-refractivity contribution in [2.45, 2.75) is 81.1 Å². The van der Waals surface area contributed by atoms with Crippen LogP contribution in [0, 0.1) is 13.8 Å². The molecule has 16 heteroatoms. The summed E-state index contributed by atoms with van der Waals surface area (Å²) in [6, 6.07) is 3.31. The Kier molecular flexibility index (Phi) is 17.5. The summed E-state index contributed by atoms with van der Waals surface area (Å²) in [6.45, 7) is 14.9. The van der Waals surface area contributed by atoms with Gasteiger partial charge >= 0.3 is 0 Å². The fraction of sp³-hybridized carbons (Fsp3) is 0.316.